The van der Waals surface area contributed by atoms with E-state index in [0.717, 1.165) is 5.69 Å². The van der Waals surface area contributed by atoms with Gasteiger partial charge < -0.3 is 17.0 Å². The van der Waals surface area contributed by atoms with Gasteiger partial charge in [0.1, 0.15) is 0 Å². The third-order valence-corrected chi connectivity index (χ3v) is 3.46. The molecule has 19 heavy (non-hydrogen) atoms. The maximum atomic E-state index is 12.1. The fourth-order valence-electron chi connectivity index (χ4n) is 1.65. The maximum absolute atomic E-state index is 12.1. The zero-order valence-electron chi connectivity index (χ0n) is 10.2. The zero-order valence-corrected chi connectivity index (χ0v) is 13.3. The molecule has 0 spiro atoms. The van der Waals surface area contributed by atoms with Gasteiger partial charge in [0.2, 0.25) is 12.3 Å². The third kappa shape index (κ3) is 4.03. The molecule has 0 fully saturated rings. The van der Waals surface area contributed by atoms with Crippen molar-refractivity contribution in [2.24, 2.45) is 0 Å². The first kappa shape index (κ1) is 16.2. The normalized spacial score (nSPS) is 9.84. The van der Waals surface area contributed by atoms with Crippen LogP contribution in [-0.4, -0.2) is 5.78 Å². The van der Waals surface area contributed by atoms with Crippen LogP contribution in [0.2, 0.25) is 10.0 Å². The van der Waals surface area contributed by atoms with Crippen LogP contribution in [0, 0.1) is 6.92 Å². The standard InChI is InChI=1S/C14H12Cl2NO.BrH/c1-10-4-2-3-7-17(10)9-14(18)11-5-6-12(15)13(16)8-11;/h2-8H,9H2,1H3;1H/q+1;/p-1. The highest BCUT2D eigenvalue weighted by molar-refractivity contribution is 6.42. The summed E-state index contributed by atoms with van der Waals surface area (Å²) in [5.74, 6) is 0.00728. The van der Waals surface area contributed by atoms with E-state index in [0.29, 0.717) is 22.2 Å². The molecule has 0 aliphatic rings. The first-order chi connectivity index (χ1) is 8.58. The van der Waals surface area contributed by atoms with Crippen LogP contribution in [0.5, 0.6) is 0 Å². The highest BCUT2D eigenvalue weighted by Gasteiger charge is 2.14. The van der Waals surface area contributed by atoms with Crippen LogP contribution in [-0.2, 0) is 6.54 Å². The molecule has 0 saturated heterocycles. The quantitative estimate of drug-likeness (QED) is 0.576. The molecule has 1 aromatic carbocycles. The molecule has 2 aromatic rings. The summed E-state index contributed by atoms with van der Waals surface area (Å²) in [6, 6.07) is 10.7. The van der Waals surface area contributed by atoms with Gasteiger partial charge in [0.05, 0.1) is 10.0 Å². The van der Waals surface area contributed by atoms with Gasteiger partial charge in [-0.2, -0.15) is 4.57 Å². The fourth-order valence-corrected chi connectivity index (χ4v) is 1.95. The number of benzene rings is 1. The van der Waals surface area contributed by atoms with Crippen molar-refractivity contribution in [3.05, 3.63) is 63.9 Å². The van der Waals surface area contributed by atoms with Crippen molar-refractivity contribution in [3.8, 4) is 0 Å². The van der Waals surface area contributed by atoms with Gasteiger partial charge in [0, 0.05) is 24.6 Å². The molecule has 0 radical (unpaired) electrons. The number of Topliss-reactive ketones (excluding diaryl/α,β-unsaturated/α-hetero) is 1. The van der Waals surface area contributed by atoms with Gasteiger partial charge in [-0.3, -0.25) is 4.79 Å². The second kappa shape index (κ2) is 7.04. The molecule has 5 heteroatoms. The predicted octanol–water partition coefficient (Wildman–Crippen LogP) is 0.476. The smallest absolute Gasteiger partial charge is 0.227 e. The van der Waals surface area contributed by atoms with E-state index < -0.39 is 0 Å². The Balaban J connectivity index is 0.00000180. The SMILES string of the molecule is Cc1cccc[n+]1CC(=O)c1ccc(Cl)c(Cl)c1.[Br-]. The molecule has 0 bridgehead atoms. The van der Waals surface area contributed by atoms with E-state index in [9.17, 15) is 4.79 Å². The Kier molecular flexibility index (Phi) is 5.98. The lowest BCUT2D eigenvalue weighted by Gasteiger charge is -2.02. The number of pyridine rings is 1. The number of rotatable bonds is 3. The molecule has 0 aliphatic heterocycles. The van der Waals surface area contributed by atoms with Crippen molar-refractivity contribution in [2.45, 2.75) is 13.5 Å². The molecule has 0 amide bonds. The van der Waals surface area contributed by atoms with Gasteiger partial charge in [0.15, 0.2) is 11.9 Å². The third-order valence-electron chi connectivity index (χ3n) is 2.72. The molecular weight excluding hydrogens is 349 g/mol. The van der Waals surface area contributed by atoms with Gasteiger partial charge in [0.25, 0.3) is 0 Å². The number of aryl methyl sites for hydroxylation is 1. The molecule has 1 heterocycles. The molecule has 0 saturated carbocycles. The topological polar surface area (TPSA) is 20.9 Å². The van der Waals surface area contributed by atoms with E-state index in [1.165, 1.54) is 0 Å². The molecule has 0 aliphatic carbocycles. The molecule has 1 aromatic heterocycles. The lowest BCUT2D eigenvalue weighted by Crippen LogP contribution is -3.00. The van der Waals surface area contributed by atoms with Crippen molar-refractivity contribution in [3.63, 3.8) is 0 Å². The van der Waals surface area contributed by atoms with Crippen molar-refractivity contribution in [2.75, 3.05) is 0 Å². The van der Waals surface area contributed by atoms with Crippen LogP contribution in [0.25, 0.3) is 0 Å². The highest BCUT2D eigenvalue weighted by Crippen LogP contribution is 2.22. The lowest BCUT2D eigenvalue weighted by molar-refractivity contribution is -0.689. The Morgan fingerprint density at radius 3 is 2.53 bits per heavy atom. The summed E-state index contributed by atoms with van der Waals surface area (Å²) in [5, 5.41) is 0.856. The van der Waals surface area contributed by atoms with Gasteiger partial charge in [-0.15, -0.1) is 0 Å². The number of aromatic nitrogens is 1. The maximum Gasteiger partial charge on any atom is 0.227 e. The van der Waals surface area contributed by atoms with Crippen LogP contribution in [0.1, 0.15) is 16.1 Å². The minimum absolute atomic E-state index is 0. The van der Waals surface area contributed by atoms with Crippen molar-refractivity contribution in [1.82, 2.24) is 0 Å². The Morgan fingerprint density at radius 1 is 1.16 bits per heavy atom. The summed E-state index contributed by atoms with van der Waals surface area (Å²) in [5.41, 5.74) is 1.60. The summed E-state index contributed by atoms with van der Waals surface area (Å²) < 4.78 is 1.89. The predicted molar refractivity (Wildman–Crippen MR) is 72.2 cm³/mol. The Bertz CT molecular complexity index is 602. The Morgan fingerprint density at radius 2 is 1.89 bits per heavy atom. The molecule has 2 rings (SSSR count). The van der Waals surface area contributed by atoms with E-state index >= 15 is 0 Å². The van der Waals surface area contributed by atoms with Crippen molar-refractivity contribution >= 4 is 29.0 Å². The number of halogens is 3. The van der Waals surface area contributed by atoms with Crippen LogP contribution in [0.4, 0.5) is 0 Å². The number of nitrogens with zero attached hydrogens (tertiary/aromatic N) is 1. The highest BCUT2D eigenvalue weighted by atomic mass is 79.9. The van der Waals surface area contributed by atoms with Crippen LogP contribution >= 0.6 is 23.2 Å². The number of carbonyl (C=O) groups excluding carboxylic acids is 1. The number of hydrogen-bond acceptors (Lipinski definition) is 1. The average Bonchev–Trinajstić information content (AvgIpc) is 2.35. The van der Waals surface area contributed by atoms with Crippen LogP contribution in [0.3, 0.4) is 0 Å². The summed E-state index contributed by atoms with van der Waals surface area (Å²) in [6.45, 7) is 2.26. The molecular formula is C14H12BrCl2NO. The average molecular weight is 361 g/mol. The zero-order chi connectivity index (χ0) is 13.1. The van der Waals surface area contributed by atoms with E-state index in [4.69, 9.17) is 23.2 Å². The van der Waals surface area contributed by atoms with E-state index in [2.05, 4.69) is 0 Å². The molecule has 100 valence electrons. The molecule has 0 unspecified atom stereocenters. The Hall–Kier alpha value is -0.900. The van der Waals surface area contributed by atoms with Gasteiger partial charge in [-0.25, -0.2) is 0 Å². The summed E-state index contributed by atoms with van der Waals surface area (Å²) in [6.07, 6.45) is 1.88. The summed E-state index contributed by atoms with van der Waals surface area (Å²) in [4.78, 5) is 12.1. The first-order valence-corrected chi connectivity index (χ1v) is 6.27. The van der Waals surface area contributed by atoms with E-state index in [1.807, 2.05) is 35.9 Å². The molecule has 0 atom stereocenters. The largest absolute Gasteiger partial charge is 1.00 e. The fraction of sp³-hybridized carbons (Fsp3) is 0.143. The van der Waals surface area contributed by atoms with Gasteiger partial charge in [-0.1, -0.05) is 29.3 Å². The first-order valence-electron chi connectivity index (χ1n) is 5.51. The van der Waals surface area contributed by atoms with Gasteiger partial charge >= 0.3 is 0 Å². The van der Waals surface area contributed by atoms with E-state index in [-0.39, 0.29) is 22.8 Å². The minimum Gasteiger partial charge on any atom is -1.00 e. The van der Waals surface area contributed by atoms with Crippen LogP contribution in [0.15, 0.2) is 42.6 Å². The monoisotopic (exact) mass is 359 g/mol. The van der Waals surface area contributed by atoms with E-state index in [1.54, 1.807) is 18.2 Å². The minimum atomic E-state index is 0. The lowest BCUT2D eigenvalue weighted by atomic mass is 10.1. The van der Waals surface area contributed by atoms with Crippen molar-refractivity contribution in [1.29, 1.82) is 0 Å². The second-order valence-electron chi connectivity index (χ2n) is 4.02. The number of carbonyl (C=O) groups is 1. The Labute approximate surface area is 132 Å². The summed E-state index contributed by atoms with van der Waals surface area (Å²) in [7, 11) is 0. The van der Waals surface area contributed by atoms with Gasteiger partial charge in [-0.05, 0) is 18.2 Å². The number of ketones is 1. The number of hydrogen-bond donors (Lipinski definition) is 0. The molecule has 2 nitrogen and oxygen atoms in total. The summed E-state index contributed by atoms with van der Waals surface area (Å²) >= 11 is 11.7. The second-order valence-corrected chi connectivity index (χ2v) is 4.84. The van der Waals surface area contributed by atoms with Crippen molar-refractivity contribution < 1.29 is 26.3 Å². The molecule has 0 N–H and O–H groups in total. The van der Waals surface area contributed by atoms with Crippen LogP contribution < -0.4 is 21.5 Å².